The number of aromatic nitrogens is 2. The number of furan rings is 1. The van der Waals surface area contributed by atoms with E-state index in [2.05, 4.69) is 15.5 Å². The fourth-order valence-corrected chi connectivity index (χ4v) is 2.75. The maximum atomic E-state index is 12.2. The smallest absolute Gasteiger partial charge is 0.293 e. The first kappa shape index (κ1) is 17.7. The normalized spacial score (nSPS) is 10.7. The van der Waals surface area contributed by atoms with E-state index in [9.17, 15) is 14.9 Å². The average molecular weight is 374 g/mol. The zero-order chi connectivity index (χ0) is 18.7. The highest BCUT2D eigenvalue weighted by molar-refractivity contribution is 7.99. The molecule has 0 fully saturated rings. The van der Waals surface area contributed by atoms with Crippen LogP contribution in [0, 0.1) is 24.0 Å². The Morgan fingerprint density at radius 1 is 1.31 bits per heavy atom. The number of benzene rings is 1. The molecule has 134 valence electrons. The van der Waals surface area contributed by atoms with Crippen molar-refractivity contribution in [2.45, 2.75) is 19.1 Å². The van der Waals surface area contributed by atoms with Gasteiger partial charge < -0.3 is 14.2 Å². The number of aryl methyl sites for hydroxylation is 1. The second-order valence-electron chi connectivity index (χ2n) is 5.35. The van der Waals surface area contributed by atoms with Crippen molar-refractivity contribution in [1.29, 1.82) is 0 Å². The lowest BCUT2D eigenvalue weighted by atomic mass is 10.1. The molecule has 0 aliphatic rings. The van der Waals surface area contributed by atoms with E-state index in [1.54, 1.807) is 25.1 Å². The molecule has 2 heterocycles. The van der Waals surface area contributed by atoms with Crippen molar-refractivity contribution in [2.24, 2.45) is 0 Å². The second kappa shape index (κ2) is 7.40. The molecule has 0 saturated heterocycles. The van der Waals surface area contributed by atoms with Gasteiger partial charge in [0.2, 0.25) is 5.91 Å². The number of hydrogen-bond donors (Lipinski definition) is 1. The van der Waals surface area contributed by atoms with Crippen LogP contribution in [0.25, 0.3) is 11.7 Å². The van der Waals surface area contributed by atoms with E-state index in [0.29, 0.717) is 11.3 Å². The molecule has 0 radical (unpaired) electrons. The first-order valence-corrected chi connectivity index (χ1v) is 8.49. The van der Waals surface area contributed by atoms with E-state index in [4.69, 9.17) is 8.83 Å². The number of hydrogen-bond acceptors (Lipinski definition) is 8. The zero-order valence-electron chi connectivity index (χ0n) is 13.9. The van der Waals surface area contributed by atoms with E-state index < -0.39 is 10.8 Å². The summed E-state index contributed by atoms with van der Waals surface area (Å²) in [6, 6.07) is 6.39. The van der Waals surface area contributed by atoms with Crippen LogP contribution in [0.3, 0.4) is 0 Å². The predicted molar refractivity (Wildman–Crippen MR) is 93.9 cm³/mol. The Morgan fingerprint density at radius 2 is 2.12 bits per heavy atom. The van der Waals surface area contributed by atoms with E-state index in [1.165, 1.54) is 12.3 Å². The van der Waals surface area contributed by atoms with Gasteiger partial charge in [-0.3, -0.25) is 14.9 Å². The summed E-state index contributed by atoms with van der Waals surface area (Å²) < 4.78 is 10.5. The van der Waals surface area contributed by atoms with E-state index >= 15 is 0 Å². The van der Waals surface area contributed by atoms with Crippen LogP contribution < -0.4 is 5.32 Å². The largest absolute Gasteiger partial charge is 0.459 e. The van der Waals surface area contributed by atoms with Gasteiger partial charge in [-0.05, 0) is 37.1 Å². The second-order valence-corrected chi connectivity index (χ2v) is 6.27. The maximum Gasteiger partial charge on any atom is 0.293 e. The highest BCUT2D eigenvalue weighted by Crippen LogP contribution is 2.30. The molecule has 2 aromatic heterocycles. The first-order valence-electron chi connectivity index (χ1n) is 7.50. The molecule has 0 atom stereocenters. The van der Waals surface area contributed by atoms with Crippen LogP contribution in [-0.2, 0) is 4.79 Å². The van der Waals surface area contributed by atoms with Gasteiger partial charge >= 0.3 is 0 Å². The Labute approximate surface area is 151 Å². The van der Waals surface area contributed by atoms with Gasteiger partial charge in [0.15, 0.2) is 5.76 Å². The van der Waals surface area contributed by atoms with E-state index in [0.717, 1.165) is 17.3 Å². The van der Waals surface area contributed by atoms with Gasteiger partial charge in [0, 0.05) is 6.07 Å². The molecule has 10 heteroatoms. The van der Waals surface area contributed by atoms with Crippen molar-refractivity contribution in [3.05, 3.63) is 51.8 Å². The summed E-state index contributed by atoms with van der Waals surface area (Å²) >= 11 is 1.03. The summed E-state index contributed by atoms with van der Waals surface area (Å²) in [5.41, 5.74) is 1.54. The van der Waals surface area contributed by atoms with Crippen LogP contribution in [0.2, 0.25) is 0 Å². The first-order chi connectivity index (χ1) is 12.5. The standard InChI is InChI=1S/C16H14N4O5S/c1-9-5-6-11(20(22)23)14(10(9)2)17-13(21)8-26-16-19-18-15(25-16)12-4-3-7-24-12/h3-7H,8H2,1-2H3,(H,17,21). The van der Waals surface area contributed by atoms with Crippen LogP contribution in [0.5, 0.6) is 0 Å². The summed E-state index contributed by atoms with van der Waals surface area (Å²) in [4.78, 5) is 22.8. The van der Waals surface area contributed by atoms with Crippen molar-refractivity contribution < 1.29 is 18.6 Å². The number of nitrogens with zero attached hydrogens (tertiary/aromatic N) is 3. The minimum absolute atomic E-state index is 0.0374. The van der Waals surface area contributed by atoms with Gasteiger partial charge in [-0.25, -0.2) is 0 Å². The van der Waals surface area contributed by atoms with Crippen LogP contribution in [0.1, 0.15) is 11.1 Å². The Hall–Kier alpha value is -3.14. The maximum absolute atomic E-state index is 12.2. The lowest BCUT2D eigenvalue weighted by molar-refractivity contribution is -0.384. The van der Waals surface area contributed by atoms with Crippen molar-refractivity contribution in [3.8, 4) is 11.7 Å². The zero-order valence-corrected chi connectivity index (χ0v) is 14.7. The number of nitro groups is 1. The molecule has 26 heavy (non-hydrogen) atoms. The average Bonchev–Trinajstić information content (AvgIpc) is 3.28. The van der Waals surface area contributed by atoms with Crippen molar-refractivity contribution in [2.75, 3.05) is 11.1 Å². The number of carbonyl (C=O) groups excluding carboxylic acids is 1. The number of rotatable bonds is 6. The van der Waals surface area contributed by atoms with Crippen LogP contribution >= 0.6 is 11.8 Å². The van der Waals surface area contributed by atoms with Crippen molar-refractivity contribution in [1.82, 2.24) is 10.2 Å². The van der Waals surface area contributed by atoms with E-state index in [-0.39, 0.29) is 28.2 Å². The van der Waals surface area contributed by atoms with E-state index in [1.807, 2.05) is 6.92 Å². The molecule has 9 nitrogen and oxygen atoms in total. The van der Waals surface area contributed by atoms with Crippen LogP contribution in [0.4, 0.5) is 11.4 Å². The number of thioether (sulfide) groups is 1. The lowest BCUT2D eigenvalue weighted by Gasteiger charge is -2.10. The summed E-state index contributed by atoms with van der Waals surface area (Å²) in [5, 5.41) is 21.6. The highest BCUT2D eigenvalue weighted by Gasteiger charge is 2.20. The van der Waals surface area contributed by atoms with Gasteiger partial charge in [-0.2, -0.15) is 0 Å². The molecule has 0 aliphatic heterocycles. The third kappa shape index (κ3) is 3.75. The SMILES string of the molecule is Cc1ccc([N+](=O)[O-])c(NC(=O)CSc2nnc(-c3ccco3)o2)c1C. The van der Waals surface area contributed by atoms with Crippen molar-refractivity contribution in [3.63, 3.8) is 0 Å². The summed E-state index contributed by atoms with van der Waals surface area (Å²) in [5.74, 6) is 0.192. The Morgan fingerprint density at radius 3 is 2.81 bits per heavy atom. The number of nitrogens with one attached hydrogen (secondary N) is 1. The van der Waals surface area contributed by atoms with Gasteiger partial charge in [-0.15, -0.1) is 10.2 Å². The molecular formula is C16H14N4O5S. The molecule has 3 rings (SSSR count). The molecule has 1 amide bonds. The van der Waals surface area contributed by atoms with Gasteiger partial charge in [0.1, 0.15) is 5.69 Å². The molecular weight excluding hydrogens is 360 g/mol. The molecule has 0 bridgehead atoms. The molecule has 3 aromatic rings. The minimum Gasteiger partial charge on any atom is -0.459 e. The van der Waals surface area contributed by atoms with Gasteiger partial charge in [-0.1, -0.05) is 17.8 Å². The van der Waals surface area contributed by atoms with Crippen LogP contribution in [-0.4, -0.2) is 26.8 Å². The molecule has 0 saturated carbocycles. The number of amides is 1. The third-order valence-corrected chi connectivity index (χ3v) is 4.46. The number of carbonyl (C=O) groups is 1. The van der Waals surface area contributed by atoms with Crippen LogP contribution in [0.15, 0.2) is 44.6 Å². The quantitative estimate of drug-likeness (QED) is 0.394. The van der Waals surface area contributed by atoms with Gasteiger partial charge in [0.05, 0.1) is 16.9 Å². The molecule has 0 aliphatic carbocycles. The fourth-order valence-electron chi connectivity index (χ4n) is 2.18. The summed E-state index contributed by atoms with van der Waals surface area (Å²) in [6.45, 7) is 3.54. The predicted octanol–water partition coefficient (Wildman–Crippen LogP) is 3.59. The Kier molecular flexibility index (Phi) is 5.03. The lowest BCUT2D eigenvalue weighted by Crippen LogP contribution is -2.16. The number of anilines is 1. The molecule has 0 unspecified atom stereocenters. The molecule has 1 N–H and O–H groups in total. The Balaban J connectivity index is 1.67. The summed E-state index contributed by atoms with van der Waals surface area (Å²) in [7, 11) is 0. The number of nitro benzene ring substituents is 1. The summed E-state index contributed by atoms with van der Waals surface area (Å²) in [6.07, 6.45) is 1.48. The minimum atomic E-state index is -0.525. The molecule has 0 spiro atoms. The highest BCUT2D eigenvalue weighted by atomic mass is 32.2. The molecule has 1 aromatic carbocycles. The topological polar surface area (TPSA) is 124 Å². The Bertz CT molecular complexity index is 952. The third-order valence-electron chi connectivity index (χ3n) is 3.64. The van der Waals surface area contributed by atoms with Gasteiger partial charge in [0.25, 0.3) is 16.8 Å². The fraction of sp³-hybridized carbons (Fsp3) is 0.188. The monoisotopic (exact) mass is 374 g/mol. The van der Waals surface area contributed by atoms with Crippen molar-refractivity contribution >= 4 is 29.0 Å².